The van der Waals surface area contributed by atoms with Crippen molar-refractivity contribution < 1.29 is 18.7 Å². The molecular formula is C33H36FN5O3. The first-order valence-corrected chi connectivity index (χ1v) is 13.8. The van der Waals surface area contributed by atoms with E-state index in [0.29, 0.717) is 60.7 Å². The summed E-state index contributed by atoms with van der Waals surface area (Å²) < 4.78 is 20.8. The number of aryl methyl sites for hydroxylation is 1. The zero-order valence-electron chi connectivity index (χ0n) is 23.7. The van der Waals surface area contributed by atoms with Gasteiger partial charge in [0.1, 0.15) is 17.7 Å². The van der Waals surface area contributed by atoms with Gasteiger partial charge in [0.25, 0.3) is 5.91 Å². The molecule has 1 aliphatic heterocycles. The molecule has 2 amide bonds. The number of ether oxygens (including phenoxy) is 1. The van der Waals surface area contributed by atoms with Crippen molar-refractivity contribution in [3.8, 4) is 5.75 Å². The molecular weight excluding hydrogens is 533 g/mol. The van der Waals surface area contributed by atoms with Crippen molar-refractivity contribution in [3.05, 3.63) is 120 Å². The highest BCUT2D eigenvalue weighted by Gasteiger charge is 2.24. The largest absolute Gasteiger partial charge is 0.484 e. The number of hydrogen-bond acceptors (Lipinski definition) is 6. The molecule has 0 radical (unpaired) electrons. The van der Waals surface area contributed by atoms with E-state index in [0.717, 1.165) is 5.69 Å². The van der Waals surface area contributed by atoms with Gasteiger partial charge in [-0.3, -0.25) is 19.5 Å². The Balaban J connectivity index is 1.39. The summed E-state index contributed by atoms with van der Waals surface area (Å²) in [5.74, 6) is -0.0920. The van der Waals surface area contributed by atoms with E-state index in [1.807, 2.05) is 36.4 Å². The summed E-state index contributed by atoms with van der Waals surface area (Å²) in [6.45, 7) is 8.53. The van der Waals surface area contributed by atoms with Crippen LogP contribution in [0.1, 0.15) is 27.6 Å². The highest BCUT2D eigenvalue weighted by atomic mass is 19.1. The third-order valence-electron chi connectivity index (χ3n) is 7.05. The zero-order chi connectivity index (χ0) is 29.9. The van der Waals surface area contributed by atoms with Crippen LogP contribution < -0.4 is 15.8 Å². The van der Waals surface area contributed by atoms with E-state index in [4.69, 9.17) is 10.5 Å². The molecule has 3 N–H and O–H groups in total. The van der Waals surface area contributed by atoms with Crippen LogP contribution in [0, 0.1) is 12.7 Å². The fourth-order valence-corrected chi connectivity index (χ4v) is 4.49. The molecule has 0 bridgehead atoms. The predicted molar refractivity (Wildman–Crippen MR) is 163 cm³/mol. The van der Waals surface area contributed by atoms with Crippen LogP contribution in [0.25, 0.3) is 0 Å². The SMILES string of the molecule is C=CC(=O)N1CCN(CC(Oc2ccc(C(=O)NC/C(C=Nc3ccccc3)=C/N)cc2)c2ccc(C)c(F)c2)CC1. The third kappa shape index (κ3) is 8.37. The summed E-state index contributed by atoms with van der Waals surface area (Å²) in [5.41, 5.74) is 8.89. The van der Waals surface area contributed by atoms with Gasteiger partial charge in [-0.25, -0.2) is 4.39 Å². The van der Waals surface area contributed by atoms with E-state index in [1.54, 1.807) is 48.4 Å². The van der Waals surface area contributed by atoms with Crippen molar-refractivity contribution in [2.45, 2.75) is 13.0 Å². The highest BCUT2D eigenvalue weighted by molar-refractivity contribution is 5.95. The van der Waals surface area contributed by atoms with Crippen LogP contribution in [0.5, 0.6) is 5.75 Å². The van der Waals surface area contributed by atoms with Crippen LogP contribution in [0.15, 0.2) is 102 Å². The third-order valence-corrected chi connectivity index (χ3v) is 7.05. The lowest BCUT2D eigenvalue weighted by Crippen LogP contribution is -2.49. The number of nitrogens with one attached hydrogen (secondary N) is 1. The van der Waals surface area contributed by atoms with Crippen molar-refractivity contribution in [2.75, 3.05) is 39.3 Å². The van der Waals surface area contributed by atoms with Crippen LogP contribution in [0.2, 0.25) is 0 Å². The fourth-order valence-electron chi connectivity index (χ4n) is 4.49. The quantitative estimate of drug-likeness (QED) is 0.261. The number of benzene rings is 3. The van der Waals surface area contributed by atoms with Gasteiger partial charge in [0, 0.05) is 62.8 Å². The lowest BCUT2D eigenvalue weighted by Gasteiger charge is -2.36. The molecule has 1 aliphatic rings. The minimum atomic E-state index is -0.456. The van der Waals surface area contributed by atoms with Crippen LogP contribution in [0.3, 0.4) is 0 Å². The topological polar surface area (TPSA) is 100 Å². The van der Waals surface area contributed by atoms with Gasteiger partial charge in [0.2, 0.25) is 5.91 Å². The molecule has 3 aromatic rings. The van der Waals surface area contributed by atoms with Crippen LogP contribution in [-0.2, 0) is 4.79 Å². The summed E-state index contributed by atoms with van der Waals surface area (Å²) in [6.07, 6.45) is 3.91. The molecule has 1 unspecified atom stereocenters. The van der Waals surface area contributed by atoms with Crippen LogP contribution in [-0.4, -0.2) is 67.1 Å². The van der Waals surface area contributed by atoms with Gasteiger partial charge in [-0.15, -0.1) is 0 Å². The Morgan fingerprint density at radius 3 is 2.43 bits per heavy atom. The minimum absolute atomic E-state index is 0.0808. The number of para-hydroxylation sites is 1. The molecule has 218 valence electrons. The fraction of sp³-hybridized carbons (Fsp3) is 0.242. The normalized spacial score (nSPS) is 14.9. The number of nitrogens with zero attached hydrogens (tertiary/aromatic N) is 3. The maximum absolute atomic E-state index is 14.5. The maximum atomic E-state index is 14.5. The van der Waals surface area contributed by atoms with E-state index < -0.39 is 6.10 Å². The summed E-state index contributed by atoms with van der Waals surface area (Å²) in [4.78, 5) is 33.1. The van der Waals surface area contributed by atoms with E-state index in [2.05, 4.69) is 21.8 Å². The first-order chi connectivity index (χ1) is 20.4. The number of halogens is 1. The monoisotopic (exact) mass is 569 g/mol. The molecule has 0 aliphatic carbocycles. The average Bonchev–Trinajstić information content (AvgIpc) is 3.02. The Morgan fingerprint density at radius 2 is 1.79 bits per heavy atom. The highest BCUT2D eigenvalue weighted by Crippen LogP contribution is 2.26. The number of nitrogens with two attached hydrogens (primary N) is 1. The van der Waals surface area contributed by atoms with Crippen molar-refractivity contribution in [1.29, 1.82) is 0 Å². The molecule has 1 atom stereocenters. The lowest BCUT2D eigenvalue weighted by molar-refractivity contribution is -0.127. The maximum Gasteiger partial charge on any atom is 0.251 e. The zero-order valence-corrected chi connectivity index (χ0v) is 23.7. The summed E-state index contributed by atoms with van der Waals surface area (Å²) in [5, 5.41) is 2.85. The van der Waals surface area contributed by atoms with Crippen molar-refractivity contribution >= 4 is 23.7 Å². The smallest absolute Gasteiger partial charge is 0.251 e. The Bertz CT molecular complexity index is 1430. The second kappa shape index (κ2) is 14.7. The van der Waals surface area contributed by atoms with Gasteiger partial charge in [-0.2, -0.15) is 0 Å². The Morgan fingerprint density at radius 1 is 1.07 bits per heavy atom. The van der Waals surface area contributed by atoms with Crippen molar-refractivity contribution in [2.24, 2.45) is 10.7 Å². The minimum Gasteiger partial charge on any atom is -0.484 e. The first kappa shape index (κ1) is 30.2. The molecule has 1 heterocycles. The summed E-state index contributed by atoms with van der Waals surface area (Å²) in [7, 11) is 0. The number of aliphatic imine (C=N–C) groups is 1. The number of amides is 2. The molecule has 0 aromatic heterocycles. The van der Waals surface area contributed by atoms with Gasteiger partial charge in [-0.1, -0.05) is 36.9 Å². The van der Waals surface area contributed by atoms with Crippen LogP contribution >= 0.6 is 0 Å². The molecule has 8 nitrogen and oxygen atoms in total. The number of rotatable bonds is 11. The lowest BCUT2D eigenvalue weighted by atomic mass is 10.1. The van der Waals surface area contributed by atoms with Crippen molar-refractivity contribution in [1.82, 2.24) is 15.1 Å². The standard InChI is InChI=1S/C33H36FN5O3/c1-3-32(40)39-17-15-38(16-18-39)23-31(27-10-9-24(2)30(34)19-27)42-29-13-11-26(12-14-29)33(41)37-22-25(20-35)21-36-28-7-5-4-6-8-28/h3-14,19-21,31H,1,15-18,22-23,35H2,2H3,(H,37,41)/b25-20+,36-21?. The summed E-state index contributed by atoms with van der Waals surface area (Å²) >= 11 is 0. The Labute approximate surface area is 246 Å². The molecule has 4 rings (SSSR count). The van der Waals surface area contributed by atoms with Gasteiger partial charge in [-0.05, 0) is 66.6 Å². The molecule has 1 saturated heterocycles. The Kier molecular flexibility index (Phi) is 10.6. The van der Waals surface area contributed by atoms with E-state index in [1.165, 1.54) is 18.3 Å². The van der Waals surface area contributed by atoms with Crippen LogP contribution in [0.4, 0.5) is 10.1 Å². The van der Waals surface area contributed by atoms with E-state index in [-0.39, 0.29) is 24.2 Å². The van der Waals surface area contributed by atoms with Gasteiger partial charge < -0.3 is 20.7 Å². The van der Waals surface area contributed by atoms with Gasteiger partial charge >= 0.3 is 0 Å². The average molecular weight is 570 g/mol. The molecule has 3 aromatic carbocycles. The number of carbonyl (C=O) groups excluding carboxylic acids is 2. The van der Waals surface area contributed by atoms with Gasteiger partial charge in [0.05, 0.1) is 5.69 Å². The molecule has 42 heavy (non-hydrogen) atoms. The van der Waals surface area contributed by atoms with E-state index in [9.17, 15) is 14.0 Å². The molecule has 0 saturated carbocycles. The molecule has 0 spiro atoms. The predicted octanol–water partition coefficient (Wildman–Crippen LogP) is 4.56. The molecule has 9 heteroatoms. The second-order valence-corrected chi connectivity index (χ2v) is 9.99. The molecule has 1 fully saturated rings. The Hall–Kier alpha value is -4.76. The van der Waals surface area contributed by atoms with Crippen molar-refractivity contribution in [3.63, 3.8) is 0 Å². The second-order valence-electron chi connectivity index (χ2n) is 9.99. The first-order valence-electron chi connectivity index (χ1n) is 13.8. The number of carbonyl (C=O) groups is 2. The van der Waals surface area contributed by atoms with E-state index >= 15 is 0 Å². The number of piperazine rings is 1. The summed E-state index contributed by atoms with van der Waals surface area (Å²) in [6, 6.07) is 21.4. The number of hydrogen-bond donors (Lipinski definition) is 2. The van der Waals surface area contributed by atoms with Gasteiger partial charge in [0.15, 0.2) is 0 Å².